The van der Waals surface area contributed by atoms with Crippen LogP contribution in [0.25, 0.3) is 0 Å². The number of phenols is 1. The molecule has 5 nitrogen and oxygen atoms in total. The fraction of sp³-hybridized carbons (Fsp3) is 0.286. The maximum absolute atomic E-state index is 12.0. The fourth-order valence-electron chi connectivity index (χ4n) is 1.91. The first-order chi connectivity index (χ1) is 9.40. The van der Waals surface area contributed by atoms with Gasteiger partial charge in [0.05, 0.1) is 5.69 Å². The molecule has 0 unspecified atom stereocenters. The number of amides is 1. The van der Waals surface area contributed by atoms with E-state index >= 15 is 0 Å². The minimum atomic E-state index is -0.336. The number of phenolic OH excluding ortho intramolecular Hbond substituents is 1. The number of hydrogen-bond acceptors (Lipinski definition) is 4. The first-order valence-electron chi connectivity index (χ1n) is 6.15. The van der Waals surface area contributed by atoms with E-state index in [2.05, 4.69) is 5.32 Å². The molecule has 1 aromatic carbocycles. The lowest BCUT2D eigenvalue weighted by atomic mass is 10.2. The van der Waals surface area contributed by atoms with E-state index in [0.717, 1.165) is 27.5 Å². The number of anilines is 1. The van der Waals surface area contributed by atoms with Crippen LogP contribution in [0.4, 0.5) is 5.69 Å². The molecule has 0 aliphatic rings. The lowest BCUT2D eigenvalue weighted by molar-refractivity contribution is -0.116. The average Bonchev–Trinajstić information content (AvgIpc) is 2.61. The standard InChI is InChI=1S/C14H16N2O3S/c1-8-5-4-6-11(17)13(8)15-12(18)7-16-9(2)10(3)20-14(16)19/h4-6,17H,7H2,1-3H3,(H,15,18). The molecule has 0 saturated heterocycles. The van der Waals surface area contributed by atoms with Gasteiger partial charge < -0.3 is 10.4 Å². The van der Waals surface area contributed by atoms with Crippen molar-refractivity contribution in [3.05, 3.63) is 44.0 Å². The van der Waals surface area contributed by atoms with E-state index in [1.807, 2.05) is 13.8 Å². The first kappa shape index (κ1) is 14.3. The molecule has 1 amide bonds. The van der Waals surface area contributed by atoms with Gasteiger partial charge in [0.15, 0.2) is 0 Å². The lowest BCUT2D eigenvalue weighted by Gasteiger charge is -2.11. The van der Waals surface area contributed by atoms with E-state index in [-0.39, 0.29) is 23.1 Å². The first-order valence-corrected chi connectivity index (χ1v) is 6.97. The van der Waals surface area contributed by atoms with Gasteiger partial charge in [0.2, 0.25) is 5.91 Å². The summed E-state index contributed by atoms with van der Waals surface area (Å²) in [4.78, 5) is 24.5. The highest BCUT2D eigenvalue weighted by Crippen LogP contribution is 2.26. The number of rotatable bonds is 3. The Morgan fingerprint density at radius 2 is 2.05 bits per heavy atom. The molecule has 0 radical (unpaired) electrons. The van der Waals surface area contributed by atoms with Crippen molar-refractivity contribution in [2.24, 2.45) is 0 Å². The molecule has 2 aromatic rings. The predicted octanol–water partition coefficient (Wildman–Crippen LogP) is 2.18. The van der Waals surface area contributed by atoms with Crippen LogP contribution < -0.4 is 10.2 Å². The van der Waals surface area contributed by atoms with E-state index < -0.39 is 0 Å². The van der Waals surface area contributed by atoms with Crippen molar-refractivity contribution in [1.82, 2.24) is 4.57 Å². The molecule has 0 aliphatic heterocycles. The number of para-hydroxylation sites is 1. The summed E-state index contributed by atoms with van der Waals surface area (Å²) in [6, 6.07) is 5.01. The minimum Gasteiger partial charge on any atom is -0.506 e. The van der Waals surface area contributed by atoms with Crippen molar-refractivity contribution in [2.45, 2.75) is 27.3 Å². The van der Waals surface area contributed by atoms with Gasteiger partial charge in [0, 0.05) is 10.6 Å². The van der Waals surface area contributed by atoms with Gasteiger partial charge in [-0.25, -0.2) is 0 Å². The Bertz CT molecular complexity index is 695. The second kappa shape index (κ2) is 5.50. The van der Waals surface area contributed by atoms with Gasteiger partial charge >= 0.3 is 4.87 Å². The molecule has 0 spiro atoms. The molecule has 106 valence electrons. The zero-order valence-electron chi connectivity index (χ0n) is 11.6. The quantitative estimate of drug-likeness (QED) is 0.852. The Morgan fingerprint density at radius 1 is 1.35 bits per heavy atom. The summed E-state index contributed by atoms with van der Waals surface area (Å²) in [7, 11) is 0. The molecule has 0 bridgehead atoms. The minimum absolute atomic E-state index is 0.0175. The zero-order valence-corrected chi connectivity index (χ0v) is 12.4. The number of carbonyl (C=O) groups excluding carboxylic acids is 1. The molecule has 1 aromatic heterocycles. The number of nitrogens with one attached hydrogen (secondary N) is 1. The van der Waals surface area contributed by atoms with Crippen LogP contribution in [0, 0.1) is 20.8 Å². The molecular formula is C14H16N2O3S. The van der Waals surface area contributed by atoms with Crippen molar-refractivity contribution in [2.75, 3.05) is 5.32 Å². The van der Waals surface area contributed by atoms with Crippen LogP contribution in [0.2, 0.25) is 0 Å². The monoisotopic (exact) mass is 292 g/mol. The van der Waals surface area contributed by atoms with Gasteiger partial charge in [0.1, 0.15) is 12.3 Å². The van der Waals surface area contributed by atoms with Crippen LogP contribution in [0.1, 0.15) is 16.1 Å². The molecule has 6 heteroatoms. The normalized spacial score (nSPS) is 10.6. The highest BCUT2D eigenvalue weighted by atomic mass is 32.1. The molecule has 0 aliphatic carbocycles. The molecular weight excluding hydrogens is 276 g/mol. The summed E-state index contributed by atoms with van der Waals surface area (Å²) >= 11 is 1.13. The molecule has 2 N–H and O–H groups in total. The van der Waals surface area contributed by atoms with Gasteiger partial charge in [-0.05, 0) is 32.4 Å². The molecule has 1 heterocycles. The van der Waals surface area contributed by atoms with Crippen LogP contribution >= 0.6 is 11.3 Å². The Kier molecular flexibility index (Phi) is 3.94. The fourth-order valence-corrected chi connectivity index (χ4v) is 2.74. The predicted molar refractivity (Wildman–Crippen MR) is 79.5 cm³/mol. The summed E-state index contributed by atoms with van der Waals surface area (Å²) in [6.45, 7) is 5.40. The molecule has 20 heavy (non-hydrogen) atoms. The second-order valence-electron chi connectivity index (χ2n) is 4.61. The Hall–Kier alpha value is -2.08. The summed E-state index contributed by atoms with van der Waals surface area (Å²) in [5.74, 6) is -0.318. The highest BCUT2D eigenvalue weighted by molar-refractivity contribution is 7.09. The van der Waals surface area contributed by atoms with Crippen LogP contribution in [-0.4, -0.2) is 15.6 Å². The number of aromatic hydroxyl groups is 1. The maximum Gasteiger partial charge on any atom is 0.308 e. The Balaban J connectivity index is 2.20. The number of hydrogen-bond donors (Lipinski definition) is 2. The van der Waals surface area contributed by atoms with Crippen molar-refractivity contribution in [3.8, 4) is 5.75 Å². The zero-order chi connectivity index (χ0) is 14.9. The van der Waals surface area contributed by atoms with Crippen LogP contribution in [0.15, 0.2) is 23.0 Å². The van der Waals surface area contributed by atoms with Gasteiger partial charge in [-0.1, -0.05) is 23.5 Å². The van der Waals surface area contributed by atoms with E-state index in [1.165, 1.54) is 10.6 Å². The Labute approximate surface area is 120 Å². The third kappa shape index (κ3) is 2.75. The van der Waals surface area contributed by atoms with E-state index in [4.69, 9.17) is 0 Å². The number of aromatic nitrogens is 1. The summed E-state index contributed by atoms with van der Waals surface area (Å²) in [5, 5.41) is 12.4. The summed E-state index contributed by atoms with van der Waals surface area (Å²) in [6.07, 6.45) is 0. The van der Waals surface area contributed by atoms with Gasteiger partial charge in [-0.2, -0.15) is 0 Å². The van der Waals surface area contributed by atoms with Crippen molar-refractivity contribution in [3.63, 3.8) is 0 Å². The van der Waals surface area contributed by atoms with E-state index in [0.29, 0.717) is 5.69 Å². The van der Waals surface area contributed by atoms with Gasteiger partial charge in [-0.3, -0.25) is 14.2 Å². The van der Waals surface area contributed by atoms with E-state index in [9.17, 15) is 14.7 Å². The molecule has 0 fully saturated rings. The Morgan fingerprint density at radius 3 is 2.60 bits per heavy atom. The topological polar surface area (TPSA) is 71.3 Å². The van der Waals surface area contributed by atoms with Crippen LogP contribution in [0.3, 0.4) is 0 Å². The van der Waals surface area contributed by atoms with Crippen molar-refractivity contribution in [1.29, 1.82) is 0 Å². The lowest BCUT2D eigenvalue weighted by Crippen LogP contribution is -2.25. The maximum atomic E-state index is 12.0. The third-order valence-corrected chi connectivity index (χ3v) is 4.19. The van der Waals surface area contributed by atoms with Gasteiger partial charge in [-0.15, -0.1) is 0 Å². The number of thiazole rings is 1. The largest absolute Gasteiger partial charge is 0.506 e. The van der Waals surface area contributed by atoms with Crippen LogP contribution in [0.5, 0.6) is 5.75 Å². The summed E-state index contributed by atoms with van der Waals surface area (Å²) < 4.78 is 1.44. The molecule has 0 atom stereocenters. The summed E-state index contributed by atoms with van der Waals surface area (Å²) in [5.41, 5.74) is 1.95. The third-order valence-electron chi connectivity index (χ3n) is 3.19. The van der Waals surface area contributed by atoms with Crippen molar-refractivity contribution >= 4 is 22.9 Å². The van der Waals surface area contributed by atoms with E-state index in [1.54, 1.807) is 19.1 Å². The number of benzene rings is 1. The number of aryl methyl sites for hydroxylation is 2. The highest BCUT2D eigenvalue weighted by Gasteiger charge is 2.13. The van der Waals surface area contributed by atoms with Crippen molar-refractivity contribution < 1.29 is 9.90 Å². The SMILES string of the molecule is Cc1cccc(O)c1NC(=O)Cn1c(C)c(C)sc1=O. The smallest absolute Gasteiger partial charge is 0.308 e. The average molecular weight is 292 g/mol. The van der Waals surface area contributed by atoms with Gasteiger partial charge in [0.25, 0.3) is 0 Å². The number of nitrogens with zero attached hydrogens (tertiary/aromatic N) is 1. The molecule has 0 saturated carbocycles. The number of carbonyl (C=O) groups is 1. The molecule has 2 rings (SSSR count). The van der Waals surface area contributed by atoms with Crippen LogP contribution in [-0.2, 0) is 11.3 Å². The second-order valence-corrected chi connectivity index (χ2v) is 5.78.